The number of para-hydroxylation sites is 1. The smallest absolute Gasteiger partial charge is 0.141 e. The molecule has 3 aromatic rings. The maximum Gasteiger partial charge on any atom is 0.141 e. The highest BCUT2D eigenvalue weighted by atomic mass is 32.2. The van der Waals surface area contributed by atoms with Crippen molar-refractivity contribution in [2.75, 3.05) is 16.2 Å². The normalized spacial score (nSPS) is 11.9. The van der Waals surface area contributed by atoms with E-state index in [9.17, 15) is 8.60 Å². The summed E-state index contributed by atoms with van der Waals surface area (Å²) in [5, 5.41) is 0. The van der Waals surface area contributed by atoms with Crippen molar-refractivity contribution < 1.29 is 8.60 Å². The van der Waals surface area contributed by atoms with Gasteiger partial charge in [-0.15, -0.1) is 0 Å². The first-order chi connectivity index (χ1) is 12.6. The summed E-state index contributed by atoms with van der Waals surface area (Å²) in [6.45, 7) is 1.97. The molecule has 1 atom stereocenters. The van der Waals surface area contributed by atoms with Crippen LogP contribution in [0.3, 0.4) is 0 Å². The van der Waals surface area contributed by atoms with Crippen molar-refractivity contribution in [2.24, 2.45) is 0 Å². The highest BCUT2D eigenvalue weighted by molar-refractivity contribution is 7.86. The Bertz CT molecular complexity index is 931. The summed E-state index contributed by atoms with van der Waals surface area (Å²) >= 11 is 0. The number of nitrogens with one attached hydrogen (secondary N) is 1. The molecule has 2 aromatic carbocycles. The molecule has 5 nitrogen and oxygen atoms in total. The van der Waals surface area contributed by atoms with Crippen LogP contribution in [0.5, 0.6) is 0 Å². The third kappa shape index (κ3) is 4.05. The maximum absolute atomic E-state index is 14.7. The zero-order chi connectivity index (χ0) is 18.5. The van der Waals surface area contributed by atoms with Crippen LogP contribution in [0.4, 0.5) is 15.9 Å². The largest absolute Gasteiger partial charge is 0.382 e. The van der Waals surface area contributed by atoms with Gasteiger partial charge < -0.3 is 10.5 Å². The average Bonchev–Trinajstić information content (AvgIpc) is 2.63. The molecule has 134 valence electrons. The van der Waals surface area contributed by atoms with Crippen LogP contribution in [-0.2, 0) is 11.0 Å². The van der Waals surface area contributed by atoms with Gasteiger partial charge in [0.05, 0.1) is 23.8 Å². The van der Waals surface area contributed by atoms with Crippen LogP contribution in [0.1, 0.15) is 13.3 Å². The Balaban J connectivity index is 1.95. The second kappa shape index (κ2) is 8.05. The first-order valence-electron chi connectivity index (χ1n) is 8.20. The van der Waals surface area contributed by atoms with E-state index in [-0.39, 0.29) is 5.82 Å². The third-order valence-electron chi connectivity index (χ3n) is 3.77. The predicted molar refractivity (Wildman–Crippen MR) is 104 cm³/mol. The second-order valence-electron chi connectivity index (χ2n) is 5.72. The topological polar surface area (TPSA) is 80.9 Å². The molecule has 0 fully saturated rings. The summed E-state index contributed by atoms with van der Waals surface area (Å²) in [4.78, 5) is 8.06. The van der Waals surface area contributed by atoms with Crippen LogP contribution >= 0.6 is 0 Å². The zero-order valence-electron chi connectivity index (χ0n) is 14.3. The lowest BCUT2D eigenvalue weighted by Crippen LogP contribution is -2.08. The van der Waals surface area contributed by atoms with E-state index in [0.29, 0.717) is 28.3 Å². The molecule has 0 amide bonds. The number of benzene rings is 2. The van der Waals surface area contributed by atoms with Crippen molar-refractivity contribution in [2.45, 2.75) is 13.3 Å². The van der Waals surface area contributed by atoms with Crippen LogP contribution < -0.4 is 10.5 Å². The van der Waals surface area contributed by atoms with Crippen molar-refractivity contribution in [1.82, 2.24) is 9.97 Å². The molecule has 0 aliphatic rings. The fourth-order valence-electron chi connectivity index (χ4n) is 2.55. The minimum atomic E-state index is -1.17. The van der Waals surface area contributed by atoms with Gasteiger partial charge >= 0.3 is 0 Å². The molecule has 7 heteroatoms. The Morgan fingerprint density at radius 1 is 1.12 bits per heavy atom. The molecule has 0 spiro atoms. The second-order valence-corrected chi connectivity index (χ2v) is 7.02. The van der Waals surface area contributed by atoms with Gasteiger partial charge in [-0.25, -0.2) is 13.6 Å². The quantitative estimate of drug-likeness (QED) is 0.687. The molecule has 0 bridgehead atoms. The summed E-state index contributed by atoms with van der Waals surface area (Å²) in [5.41, 5.74) is 8.46. The van der Waals surface area contributed by atoms with Gasteiger partial charge in [0.15, 0.2) is 0 Å². The lowest BCUT2D eigenvalue weighted by molar-refractivity contribution is 0.631. The number of nitrogens with zero attached hydrogens (tertiary/aromatic N) is 2. The van der Waals surface area contributed by atoms with E-state index in [1.807, 2.05) is 31.2 Å². The number of nitrogen functional groups attached to an aromatic ring is 1. The van der Waals surface area contributed by atoms with Gasteiger partial charge in [-0.05, 0) is 30.2 Å². The first kappa shape index (κ1) is 18.0. The molecule has 0 aliphatic carbocycles. The molecule has 0 saturated carbocycles. The Labute approximate surface area is 154 Å². The van der Waals surface area contributed by atoms with Gasteiger partial charge in [0, 0.05) is 16.9 Å². The molecular weight excluding hydrogens is 351 g/mol. The highest BCUT2D eigenvalue weighted by Crippen LogP contribution is 2.31. The van der Waals surface area contributed by atoms with Gasteiger partial charge in [0.1, 0.15) is 22.6 Å². The molecule has 26 heavy (non-hydrogen) atoms. The molecule has 1 aromatic heterocycles. The molecule has 0 saturated heterocycles. The third-order valence-corrected chi connectivity index (χ3v) is 4.99. The summed E-state index contributed by atoms with van der Waals surface area (Å²) in [6, 6.07) is 12.3. The Hall–Kier alpha value is -2.80. The Morgan fingerprint density at radius 3 is 2.62 bits per heavy atom. The van der Waals surface area contributed by atoms with E-state index in [0.717, 1.165) is 12.0 Å². The minimum Gasteiger partial charge on any atom is -0.382 e. The summed E-state index contributed by atoms with van der Waals surface area (Å²) in [5.74, 6) is 0.425. The standard InChI is InChI=1S/C19H19FN4OS/c1-2-9-26(25)24-17-6-4-3-5-14(17)13-7-8-15(16(20)10-13)18-11-23-19(21)12-22-18/h3-8,10-12,24H,2,9H2,1H3,(H2,21,23). The molecular formula is C19H19FN4OS. The van der Waals surface area contributed by atoms with Crippen molar-refractivity contribution >= 4 is 22.5 Å². The number of nitrogens with two attached hydrogens (primary N) is 1. The van der Waals surface area contributed by atoms with Gasteiger partial charge in [-0.3, -0.25) is 4.98 Å². The van der Waals surface area contributed by atoms with Crippen molar-refractivity contribution in [3.8, 4) is 22.4 Å². The van der Waals surface area contributed by atoms with E-state index in [4.69, 9.17) is 5.73 Å². The zero-order valence-corrected chi connectivity index (χ0v) is 15.1. The monoisotopic (exact) mass is 370 g/mol. The molecule has 3 N–H and O–H groups in total. The first-order valence-corrected chi connectivity index (χ1v) is 9.52. The maximum atomic E-state index is 14.7. The van der Waals surface area contributed by atoms with Gasteiger partial charge in [0.25, 0.3) is 0 Å². The molecule has 3 rings (SSSR count). The SMILES string of the molecule is CCCS(=O)Nc1ccccc1-c1ccc(-c2cnc(N)cn2)c(F)c1. The van der Waals surface area contributed by atoms with Crippen LogP contribution in [0.25, 0.3) is 22.4 Å². The van der Waals surface area contributed by atoms with E-state index in [1.54, 1.807) is 12.1 Å². The van der Waals surface area contributed by atoms with Crippen LogP contribution in [0.15, 0.2) is 54.9 Å². The molecule has 1 heterocycles. The van der Waals surface area contributed by atoms with E-state index >= 15 is 0 Å². The van der Waals surface area contributed by atoms with E-state index in [2.05, 4.69) is 14.7 Å². The minimum absolute atomic E-state index is 0.283. The summed E-state index contributed by atoms with van der Waals surface area (Å²) in [6.07, 6.45) is 3.65. The molecule has 0 radical (unpaired) electrons. The predicted octanol–water partition coefficient (Wildman–Crippen LogP) is 4.02. The number of hydrogen-bond donors (Lipinski definition) is 2. The molecule has 1 unspecified atom stereocenters. The lowest BCUT2D eigenvalue weighted by Gasteiger charge is -2.12. The highest BCUT2D eigenvalue weighted by Gasteiger charge is 2.12. The van der Waals surface area contributed by atoms with Crippen molar-refractivity contribution in [3.63, 3.8) is 0 Å². The Kier molecular flexibility index (Phi) is 5.58. The van der Waals surface area contributed by atoms with Crippen molar-refractivity contribution in [3.05, 3.63) is 60.7 Å². The van der Waals surface area contributed by atoms with Crippen LogP contribution in [0, 0.1) is 5.82 Å². The fourth-order valence-corrected chi connectivity index (χ4v) is 3.45. The number of hydrogen-bond acceptors (Lipinski definition) is 4. The van der Waals surface area contributed by atoms with Gasteiger partial charge in [-0.1, -0.05) is 31.2 Å². The number of aromatic nitrogens is 2. The number of halogens is 1. The van der Waals surface area contributed by atoms with Crippen LogP contribution in [0.2, 0.25) is 0 Å². The number of rotatable bonds is 6. The van der Waals surface area contributed by atoms with E-state index < -0.39 is 16.8 Å². The van der Waals surface area contributed by atoms with Gasteiger partial charge in [0.2, 0.25) is 0 Å². The average molecular weight is 370 g/mol. The molecule has 0 aliphatic heterocycles. The summed E-state index contributed by atoms with van der Waals surface area (Å²) in [7, 11) is -1.17. The fraction of sp³-hybridized carbons (Fsp3) is 0.158. The summed E-state index contributed by atoms with van der Waals surface area (Å²) < 4.78 is 29.7. The van der Waals surface area contributed by atoms with Crippen molar-refractivity contribution in [1.29, 1.82) is 0 Å². The number of anilines is 2. The Morgan fingerprint density at radius 2 is 1.92 bits per heavy atom. The van der Waals surface area contributed by atoms with E-state index in [1.165, 1.54) is 18.5 Å². The lowest BCUT2D eigenvalue weighted by atomic mass is 10.0. The van der Waals surface area contributed by atoms with Gasteiger partial charge in [-0.2, -0.15) is 0 Å². The van der Waals surface area contributed by atoms with Crippen LogP contribution in [-0.4, -0.2) is 19.9 Å².